The quantitative estimate of drug-likeness (QED) is 0.169. The summed E-state index contributed by atoms with van der Waals surface area (Å²) >= 11 is 5.32. The number of hydrogen-bond donors (Lipinski definition) is 1. The lowest BCUT2D eigenvalue weighted by Gasteiger charge is -2.16. The number of nitrogens with one attached hydrogen (secondary N) is 1. The second-order valence-corrected chi connectivity index (χ2v) is 9.62. The average Bonchev–Trinajstić information content (AvgIpc) is 3.35. The van der Waals surface area contributed by atoms with E-state index >= 15 is 0 Å². The lowest BCUT2D eigenvalue weighted by atomic mass is 10.2. The number of nitrogens with zero attached hydrogens (tertiary/aromatic N) is 4. The molecule has 1 aromatic heterocycles. The number of ether oxygens (including phenoxy) is 2. The SMILES string of the molecule is CCOc1cc(CNCCCSc2nnnn2-c2ccccc2)cc(Br)c1OCc1ccccc1. The van der Waals surface area contributed by atoms with Crippen molar-refractivity contribution in [1.82, 2.24) is 25.5 Å². The van der Waals surface area contributed by atoms with Gasteiger partial charge in [0.15, 0.2) is 11.5 Å². The Morgan fingerprint density at radius 2 is 1.74 bits per heavy atom. The van der Waals surface area contributed by atoms with Crippen LogP contribution in [-0.2, 0) is 13.2 Å². The summed E-state index contributed by atoms with van der Waals surface area (Å²) in [5, 5.41) is 16.4. The Kier molecular flexibility index (Phi) is 9.56. The molecule has 7 nitrogen and oxygen atoms in total. The van der Waals surface area contributed by atoms with Crippen LogP contribution < -0.4 is 14.8 Å². The molecule has 0 radical (unpaired) electrons. The van der Waals surface area contributed by atoms with Crippen LogP contribution in [0.3, 0.4) is 0 Å². The van der Waals surface area contributed by atoms with E-state index in [9.17, 15) is 0 Å². The fraction of sp³-hybridized carbons (Fsp3) is 0.269. The van der Waals surface area contributed by atoms with Gasteiger partial charge < -0.3 is 14.8 Å². The molecule has 0 aliphatic rings. The van der Waals surface area contributed by atoms with Crippen molar-refractivity contribution in [2.75, 3.05) is 18.9 Å². The Morgan fingerprint density at radius 3 is 2.51 bits per heavy atom. The van der Waals surface area contributed by atoms with E-state index in [1.807, 2.05) is 73.7 Å². The molecule has 182 valence electrons. The van der Waals surface area contributed by atoms with Crippen molar-refractivity contribution >= 4 is 27.7 Å². The summed E-state index contributed by atoms with van der Waals surface area (Å²) in [6, 6.07) is 24.2. The molecular formula is C26H28BrN5O2S. The fourth-order valence-corrected chi connectivity index (χ4v) is 4.88. The normalized spacial score (nSPS) is 10.9. The Labute approximate surface area is 218 Å². The maximum atomic E-state index is 6.08. The molecule has 1 heterocycles. The fourth-order valence-electron chi connectivity index (χ4n) is 3.45. The first kappa shape index (κ1) is 25.2. The molecule has 0 atom stereocenters. The van der Waals surface area contributed by atoms with Gasteiger partial charge in [-0.3, -0.25) is 0 Å². The number of tetrazole rings is 1. The zero-order chi connectivity index (χ0) is 24.3. The van der Waals surface area contributed by atoms with Crippen LogP contribution in [-0.4, -0.2) is 39.1 Å². The van der Waals surface area contributed by atoms with Gasteiger partial charge in [0.2, 0.25) is 5.16 Å². The van der Waals surface area contributed by atoms with Crippen LogP contribution in [0.15, 0.2) is 82.4 Å². The molecule has 0 saturated heterocycles. The summed E-state index contributed by atoms with van der Waals surface area (Å²) in [6.45, 7) is 4.66. The van der Waals surface area contributed by atoms with E-state index < -0.39 is 0 Å². The van der Waals surface area contributed by atoms with Crippen LogP contribution in [0.5, 0.6) is 11.5 Å². The predicted octanol–water partition coefficient (Wildman–Crippen LogP) is 5.67. The molecule has 0 fully saturated rings. The van der Waals surface area contributed by atoms with Gasteiger partial charge in [0, 0.05) is 12.3 Å². The van der Waals surface area contributed by atoms with E-state index in [1.165, 1.54) is 0 Å². The van der Waals surface area contributed by atoms with Gasteiger partial charge in [-0.2, -0.15) is 4.68 Å². The second-order valence-electron chi connectivity index (χ2n) is 7.70. The maximum Gasteiger partial charge on any atom is 0.214 e. The molecule has 3 aromatic carbocycles. The van der Waals surface area contributed by atoms with E-state index in [0.29, 0.717) is 13.2 Å². The van der Waals surface area contributed by atoms with Crippen LogP contribution >= 0.6 is 27.7 Å². The third kappa shape index (κ3) is 7.30. The van der Waals surface area contributed by atoms with Gasteiger partial charge in [0.05, 0.1) is 16.8 Å². The lowest BCUT2D eigenvalue weighted by molar-refractivity contribution is 0.267. The van der Waals surface area contributed by atoms with Gasteiger partial charge in [-0.25, -0.2) is 0 Å². The molecule has 0 spiro atoms. The number of thioether (sulfide) groups is 1. The Hall–Kier alpha value is -2.88. The third-order valence-electron chi connectivity index (χ3n) is 5.09. The van der Waals surface area contributed by atoms with Gasteiger partial charge in [-0.1, -0.05) is 60.3 Å². The molecule has 0 aliphatic heterocycles. The topological polar surface area (TPSA) is 74.1 Å². The average molecular weight is 555 g/mol. The largest absolute Gasteiger partial charge is 0.490 e. The van der Waals surface area contributed by atoms with Gasteiger partial charge in [-0.15, -0.1) is 5.10 Å². The first-order valence-electron chi connectivity index (χ1n) is 11.5. The number of benzene rings is 3. The van der Waals surface area contributed by atoms with Gasteiger partial charge in [-0.05, 0) is 81.6 Å². The highest BCUT2D eigenvalue weighted by Gasteiger charge is 2.13. The van der Waals surface area contributed by atoms with Crippen LogP contribution in [0.1, 0.15) is 24.5 Å². The van der Waals surface area contributed by atoms with Crippen molar-refractivity contribution in [2.45, 2.75) is 31.7 Å². The molecule has 0 unspecified atom stereocenters. The maximum absolute atomic E-state index is 6.08. The second kappa shape index (κ2) is 13.3. The molecular weight excluding hydrogens is 526 g/mol. The molecule has 0 aliphatic carbocycles. The molecule has 4 aromatic rings. The van der Waals surface area contributed by atoms with Gasteiger partial charge in [0.1, 0.15) is 6.61 Å². The zero-order valence-electron chi connectivity index (χ0n) is 19.6. The monoisotopic (exact) mass is 553 g/mol. The Morgan fingerprint density at radius 1 is 0.971 bits per heavy atom. The van der Waals surface area contributed by atoms with Crippen LogP contribution in [0, 0.1) is 0 Å². The summed E-state index contributed by atoms with van der Waals surface area (Å²) in [5.74, 6) is 2.39. The van der Waals surface area contributed by atoms with E-state index in [2.05, 4.69) is 42.8 Å². The molecule has 1 N–H and O–H groups in total. The molecule has 0 amide bonds. The van der Waals surface area contributed by atoms with Crippen LogP contribution in [0.25, 0.3) is 5.69 Å². The molecule has 9 heteroatoms. The van der Waals surface area contributed by atoms with Crippen LogP contribution in [0.4, 0.5) is 0 Å². The number of hydrogen-bond acceptors (Lipinski definition) is 7. The summed E-state index contributed by atoms with van der Waals surface area (Å²) in [4.78, 5) is 0. The van der Waals surface area contributed by atoms with Crippen molar-refractivity contribution in [3.05, 3.63) is 88.4 Å². The number of para-hydroxylation sites is 1. The summed E-state index contributed by atoms with van der Waals surface area (Å²) in [6.07, 6.45) is 0.990. The molecule has 0 saturated carbocycles. The van der Waals surface area contributed by atoms with Crippen molar-refractivity contribution in [2.24, 2.45) is 0 Å². The third-order valence-corrected chi connectivity index (χ3v) is 6.69. The highest BCUT2D eigenvalue weighted by molar-refractivity contribution is 9.10. The smallest absolute Gasteiger partial charge is 0.214 e. The van der Waals surface area contributed by atoms with Crippen molar-refractivity contribution < 1.29 is 9.47 Å². The lowest BCUT2D eigenvalue weighted by Crippen LogP contribution is -2.15. The Bertz CT molecular complexity index is 1190. The molecule has 4 rings (SSSR count). The number of halogens is 1. The molecule has 35 heavy (non-hydrogen) atoms. The number of aromatic nitrogens is 4. The Balaban J connectivity index is 1.26. The number of rotatable bonds is 13. The van der Waals surface area contributed by atoms with E-state index in [4.69, 9.17) is 9.47 Å². The minimum Gasteiger partial charge on any atom is -0.490 e. The highest BCUT2D eigenvalue weighted by atomic mass is 79.9. The standard InChI is InChI=1S/C26H28BrN5O2S/c1-2-33-24-17-21(16-23(27)25(24)34-19-20-10-5-3-6-11-20)18-28-14-9-15-35-26-29-30-31-32(26)22-12-7-4-8-13-22/h3-8,10-13,16-17,28H,2,9,14-15,18-19H2,1H3. The summed E-state index contributed by atoms with van der Waals surface area (Å²) < 4.78 is 14.6. The first-order valence-corrected chi connectivity index (χ1v) is 13.3. The zero-order valence-corrected chi connectivity index (χ0v) is 22.0. The minimum absolute atomic E-state index is 0.488. The van der Waals surface area contributed by atoms with E-state index in [1.54, 1.807) is 16.4 Å². The summed E-state index contributed by atoms with van der Waals surface area (Å²) in [5.41, 5.74) is 3.21. The molecule has 0 bridgehead atoms. The van der Waals surface area contributed by atoms with Crippen molar-refractivity contribution in [3.63, 3.8) is 0 Å². The van der Waals surface area contributed by atoms with Gasteiger partial charge in [0.25, 0.3) is 0 Å². The van der Waals surface area contributed by atoms with Crippen molar-refractivity contribution in [1.29, 1.82) is 0 Å². The minimum atomic E-state index is 0.488. The van der Waals surface area contributed by atoms with E-state index in [0.717, 1.165) is 63.2 Å². The van der Waals surface area contributed by atoms with Crippen molar-refractivity contribution in [3.8, 4) is 17.2 Å². The highest BCUT2D eigenvalue weighted by Crippen LogP contribution is 2.37. The first-order chi connectivity index (χ1) is 17.2. The summed E-state index contributed by atoms with van der Waals surface area (Å²) in [7, 11) is 0. The van der Waals surface area contributed by atoms with E-state index in [-0.39, 0.29) is 0 Å². The predicted molar refractivity (Wildman–Crippen MR) is 142 cm³/mol. The van der Waals surface area contributed by atoms with Gasteiger partial charge >= 0.3 is 0 Å². The van der Waals surface area contributed by atoms with Crippen LogP contribution in [0.2, 0.25) is 0 Å².